The molecule has 2 aliphatic heterocycles. The fraction of sp³-hybridized carbons (Fsp3) is 0.316. The van der Waals surface area contributed by atoms with E-state index in [1.807, 2.05) is 71.3 Å². The first-order valence-corrected chi connectivity index (χ1v) is 17.9. The zero-order chi connectivity index (χ0) is 34.7. The Bertz CT molecular complexity index is 2450. The molecule has 0 radical (unpaired) electrons. The van der Waals surface area contributed by atoms with Crippen LogP contribution in [0, 0.1) is 0 Å². The highest BCUT2D eigenvalue weighted by Crippen LogP contribution is 2.29. The van der Waals surface area contributed by atoms with Gasteiger partial charge in [-0.2, -0.15) is 0 Å². The lowest BCUT2D eigenvalue weighted by atomic mass is 10.3. The molecule has 2 aromatic carbocycles. The van der Waals surface area contributed by atoms with Crippen molar-refractivity contribution in [1.82, 2.24) is 53.8 Å². The van der Waals surface area contributed by atoms with Gasteiger partial charge >= 0.3 is 0 Å². The van der Waals surface area contributed by atoms with E-state index >= 15 is 0 Å². The average Bonchev–Trinajstić information content (AvgIpc) is 3.56. The Kier molecular flexibility index (Phi) is 9.55. The highest BCUT2D eigenvalue weighted by atomic mass is 35.5. The number of benzene rings is 2. The summed E-state index contributed by atoms with van der Waals surface area (Å²) < 4.78 is 4.10. The first-order chi connectivity index (χ1) is 25.0. The van der Waals surface area contributed by atoms with Crippen molar-refractivity contribution in [2.45, 2.75) is 12.8 Å². The van der Waals surface area contributed by atoms with Gasteiger partial charge in [-0.25, -0.2) is 29.9 Å². The highest BCUT2D eigenvalue weighted by Gasteiger charge is 2.21. The third kappa shape index (κ3) is 6.75. The number of pyridine rings is 2. The summed E-state index contributed by atoms with van der Waals surface area (Å²) in [6.07, 6.45) is 6.00. The molecule has 0 atom stereocenters. The van der Waals surface area contributed by atoms with Crippen LogP contribution in [0.1, 0.15) is 12.8 Å². The predicted molar refractivity (Wildman–Crippen MR) is 206 cm³/mol. The highest BCUT2D eigenvalue weighted by molar-refractivity contribution is 6.33. The van der Waals surface area contributed by atoms with Gasteiger partial charge in [0.15, 0.2) is 33.6 Å². The second-order valence-corrected chi connectivity index (χ2v) is 13.5. The summed E-state index contributed by atoms with van der Waals surface area (Å²) in [6, 6.07) is 23.8. The van der Waals surface area contributed by atoms with E-state index in [0.29, 0.717) is 10.8 Å². The summed E-state index contributed by atoms with van der Waals surface area (Å²) in [6.45, 7) is 8.96. The van der Waals surface area contributed by atoms with Gasteiger partial charge in [0.05, 0.1) is 22.1 Å². The number of aromatic nitrogens is 8. The number of halogens is 1. The second kappa shape index (κ2) is 14.7. The van der Waals surface area contributed by atoms with Gasteiger partial charge in [-0.05, 0) is 95.1 Å². The maximum absolute atomic E-state index is 6.19. The summed E-state index contributed by atoms with van der Waals surface area (Å²) >= 11 is 6.19. The molecule has 6 aromatic heterocycles. The molecule has 2 saturated heterocycles. The molecule has 0 amide bonds. The van der Waals surface area contributed by atoms with Gasteiger partial charge in [0.25, 0.3) is 0 Å². The molecule has 8 aromatic rings. The Morgan fingerprint density at radius 2 is 1.12 bits per heavy atom. The molecule has 0 bridgehead atoms. The number of nitrogens with zero attached hydrogens (tertiary/aromatic N) is 11. The van der Waals surface area contributed by atoms with Crippen LogP contribution in [0.2, 0.25) is 5.15 Å². The SMILES string of the molecule is CN1CCCN(c2nc3cccnc3n3c2nc2ccccc23)CC1.CN1CCCNCC1.Clc1nc2cccnc2n2c1nc1ccccc12. The van der Waals surface area contributed by atoms with Gasteiger partial charge in [0.2, 0.25) is 0 Å². The predicted octanol–water partition coefficient (Wildman–Crippen LogP) is 5.57. The Hall–Kier alpha value is -5.01. The zero-order valence-electron chi connectivity index (χ0n) is 29.0. The molecule has 10 rings (SSSR count). The largest absolute Gasteiger partial charge is 0.352 e. The minimum Gasteiger partial charge on any atom is -0.352 e. The number of rotatable bonds is 1. The quantitative estimate of drug-likeness (QED) is 0.234. The van der Waals surface area contributed by atoms with E-state index in [1.165, 1.54) is 26.1 Å². The van der Waals surface area contributed by atoms with Crippen LogP contribution in [0.25, 0.3) is 55.7 Å². The van der Waals surface area contributed by atoms with Crippen LogP contribution in [0.15, 0.2) is 85.2 Å². The van der Waals surface area contributed by atoms with Gasteiger partial charge in [0.1, 0.15) is 11.0 Å². The van der Waals surface area contributed by atoms with Crippen molar-refractivity contribution < 1.29 is 0 Å². The summed E-state index contributed by atoms with van der Waals surface area (Å²) in [4.78, 5) is 34.7. The van der Waals surface area contributed by atoms with Crippen molar-refractivity contribution in [2.75, 3.05) is 71.4 Å². The van der Waals surface area contributed by atoms with E-state index in [-0.39, 0.29) is 0 Å². The average molecular weight is 701 g/mol. The van der Waals surface area contributed by atoms with Crippen LogP contribution in [0.3, 0.4) is 0 Å². The minimum atomic E-state index is 0.395. The topological polar surface area (TPSA) is 108 Å². The van der Waals surface area contributed by atoms with E-state index in [9.17, 15) is 0 Å². The Labute approximate surface area is 300 Å². The number of imidazole rings is 2. The maximum Gasteiger partial charge on any atom is 0.183 e. The van der Waals surface area contributed by atoms with Gasteiger partial charge in [0, 0.05) is 45.1 Å². The molecule has 13 heteroatoms. The molecule has 0 spiro atoms. The van der Waals surface area contributed by atoms with Crippen molar-refractivity contribution in [3.8, 4) is 0 Å². The molecule has 2 aliphatic rings. The molecule has 0 aliphatic carbocycles. The summed E-state index contributed by atoms with van der Waals surface area (Å²) in [5, 5.41) is 3.73. The van der Waals surface area contributed by atoms with E-state index < -0.39 is 0 Å². The second-order valence-electron chi connectivity index (χ2n) is 13.1. The molecule has 12 nitrogen and oxygen atoms in total. The Morgan fingerprint density at radius 1 is 0.529 bits per heavy atom. The van der Waals surface area contributed by atoms with Crippen molar-refractivity contribution in [2.24, 2.45) is 0 Å². The zero-order valence-corrected chi connectivity index (χ0v) is 29.7. The van der Waals surface area contributed by atoms with Crippen LogP contribution in [0.4, 0.5) is 5.82 Å². The van der Waals surface area contributed by atoms with E-state index in [1.54, 1.807) is 6.20 Å². The normalized spacial score (nSPS) is 16.3. The molecular weight excluding hydrogens is 660 g/mol. The smallest absolute Gasteiger partial charge is 0.183 e. The Morgan fingerprint density at radius 3 is 1.84 bits per heavy atom. The fourth-order valence-corrected chi connectivity index (χ4v) is 7.05. The van der Waals surface area contributed by atoms with Crippen LogP contribution < -0.4 is 10.2 Å². The van der Waals surface area contributed by atoms with Crippen LogP contribution in [-0.4, -0.2) is 115 Å². The first-order valence-electron chi connectivity index (χ1n) is 17.6. The van der Waals surface area contributed by atoms with Gasteiger partial charge in [-0.3, -0.25) is 8.80 Å². The number of hydrogen-bond donors (Lipinski definition) is 1. The lowest BCUT2D eigenvalue weighted by molar-refractivity contribution is 0.358. The standard InChI is InChI=1S/C19H20N6.C13H7ClN4.C6H14N2/c1-23-10-5-11-24(13-12-23)18-19-21-14-6-2-3-8-16(14)25(19)17-15(22-18)7-4-9-20-17;14-11-13-17-8-4-1-2-6-10(8)18(13)12-9(16-11)5-3-7-15-12;1-8-5-2-3-7-4-6-8/h2-4,6-9H,5,10-13H2,1H3;1-7H;7H,2-6H2,1H3. The van der Waals surface area contributed by atoms with Crippen molar-refractivity contribution in [3.63, 3.8) is 0 Å². The lowest BCUT2D eigenvalue weighted by Crippen LogP contribution is -2.30. The number of para-hydroxylation sites is 4. The lowest BCUT2D eigenvalue weighted by Gasteiger charge is -2.22. The van der Waals surface area contributed by atoms with Crippen LogP contribution in [0.5, 0.6) is 0 Å². The maximum atomic E-state index is 6.19. The summed E-state index contributed by atoms with van der Waals surface area (Å²) in [5.74, 6) is 0.965. The van der Waals surface area contributed by atoms with Gasteiger partial charge < -0.3 is 20.0 Å². The summed E-state index contributed by atoms with van der Waals surface area (Å²) in [5.41, 5.74) is 8.78. The minimum absolute atomic E-state index is 0.395. The summed E-state index contributed by atoms with van der Waals surface area (Å²) in [7, 11) is 4.35. The molecule has 2 fully saturated rings. The van der Waals surface area contributed by atoms with E-state index in [0.717, 1.165) is 95.0 Å². The number of hydrogen-bond acceptors (Lipinski definition) is 10. The first kappa shape index (κ1) is 33.2. The monoisotopic (exact) mass is 700 g/mol. The van der Waals surface area contributed by atoms with Crippen molar-refractivity contribution in [1.29, 1.82) is 0 Å². The van der Waals surface area contributed by atoms with E-state index in [2.05, 4.69) is 70.6 Å². The van der Waals surface area contributed by atoms with Crippen molar-refractivity contribution >= 4 is 73.1 Å². The van der Waals surface area contributed by atoms with Gasteiger partial charge in [-0.15, -0.1) is 0 Å². The molecule has 0 unspecified atom stereocenters. The molecule has 51 heavy (non-hydrogen) atoms. The number of anilines is 1. The molecular formula is C38H41ClN12. The molecule has 260 valence electrons. The molecule has 1 N–H and O–H groups in total. The molecule has 0 saturated carbocycles. The van der Waals surface area contributed by atoms with Gasteiger partial charge in [-0.1, -0.05) is 35.9 Å². The third-order valence-corrected chi connectivity index (χ3v) is 9.74. The fourth-order valence-electron chi connectivity index (χ4n) is 6.84. The van der Waals surface area contributed by atoms with Crippen LogP contribution >= 0.6 is 11.6 Å². The van der Waals surface area contributed by atoms with Crippen molar-refractivity contribution in [3.05, 3.63) is 90.3 Å². The Balaban J connectivity index is 0.000000125. The van der Waals surface area contributed by atoms with Crippen LogP contribution in [-0.2, 0) is 0 Å². The number of likely N-dealkylation sites (N-methyl/N-ethyl adjacent to an activating group) is 2. The third-order valence-electron chi connectivity index (χ3n) is 9.49. The number of nitrogens with one attached hydrogen (secondary N) is 1. The number of fused-ring (bicyclic) bond motifs is 10. The molecule has 8 heterocycles. The van der Waals surface area contributed by atoms with E-state index in [4.69, 9.17) is 21.6 Å².